The number of hydrogen-bond acceptors (Lipinski definition) is 6. The summed E-state index contributed by atoms with van der Waals surface area (Å²) in [5, 5.41) is 9.15. The van der Waals surface area contributed by atoms with Crippen molar-refractivity contribution >= 4 is 6.29 Å². The number of carbonyl (C=O) groups excluding carboxylic acids is 1. The Hall–Kier alpha value is -2.41. The van der Waals surface area contributed by atoms with Crippen molar-refractivity contribution in [3.05, 3.63) is 59.7 Å². The molecule has 0 spiro atoms. The Morgan fingerprint density at radius 3 is 1.78 bits per heavy atom. The predicted octanol–water partition coefficient (Wildman–Crippen LogP) is 6.51. The number of unbranched alkanes of at least 4 members (excludes halogenated alkanes) is 4. The minimum absolute atomic E-state index is 0.0235. The molecular weight excluding hydrogens is 456 g/mol. The zero-order valence-corrected chi connectivity index (χ0v) is 22.6. The summed E-state index contributed by atoms with van der Waals surface area (Å²) in [6, 6.07) is 15.6. The normalized spacial score (nSPS) is 12.2. The van der Waals surface area contributed by atoms with E-state index in [1.54, 1.807) is 14.2 Å². The number of aldehydes is 1. The average molecular weight is 503 g/mol. The van der Waals surface area contributed by atoms with E-state index in [2.05, 4.69) is 6.92 Å². The van der Waals surface area contributed by atoms with Crippen molar-refractivity contribution < 1.29 is 28.8 Å². The fourth-order valence-electron chi connectivity index (χ4n) is 3.53. The standard InChI is InChI=1S/C18H30O3.C12H16O3/c1-3-4-5-6-7-8-18(13-14-19)21-15-16-9-11-17(20-2)12-10-16;1-10(7-8-13)15-9-11-3-5-12(14-2)6-4-11/h9-12,18-19H,3-8,13-15H2,1-2H3;3-6,8,10H,7,9H2,1-2H3/t18-;10-/m11/s1. The second-order valence-corrected chi connectivity index (χ2v) is 8.87. The molecule has 1 N–H and O–H groups in total. The molecule has 2 rings (SSSR count). The number of ether oxygens (including phenoxy) is 4. The highest BCUT2D eigenvalue weighted by molar-refractivity contribution is 5.49. The lowest BCUT2D eigenvalue weighted by atomic mass is 10.1. The van der Waals surface area contributed by atoms with Crippen LogP contribution in [-0.4, -0.2) is 44.4 Å². The van der Waals surface area contributed by atoms with Crippen LogP contribution in [0.3, 0.4) is 0 Å². The summed E-state index contributed by atoms with van der Waals surface area (Å²) in [4.78, 5) is 10.2. The van der Waals surface area contributed by atoms with Gasteiger partial charge in [0.25, 0.3) is 0 Å². The molecule has 0 amide bonds. The Balaban J connectivity index is 0.000000381. The fraction of sp³-hybridized carbons (Fsp3) is 0.567. The van der Waals surface area contributed by atoms with E-state index >= 15 is 0 Å². The summed E-state index contributed by atoms with van der Waals surface area (Å²) in [6.45, 7) is 5.44. The Kier molecular flexibility index (Phi) is 18.2. The molecule has 0 aliphatic carbocycles. The first-order valence-electron chi connectivity index (χ1n) is 13.1. The maximum Gasteiger partial charge on any atom is 0.122 e. The van der Waals surface area contributed by atoms with Crippen LogP contribution in [0.4, 0.5) is 0 Å². The van der Waals surface area contributed by atoms with Crippen LogP contribution in [0.25, 0.3) is 0 Å². The quantitative estimate of drug-likeness (QED) is 0.185. The molecule has 0 saturated heterocycles. The first-order chi connectivity index (χ1) is 17.6. The molecule has 36 heavy (non-hydrogen) atoms. The van der Waals surface area contributed by atoms with Gasteiger partial charge in [-0.25, -0.2) is 0 Å². The largest absolute Gasteiger partial charge is 0.497 e. The van der Waals surface area contributed by atoms with E-state index < -0.39 is 0 Å². The SMILES string of the molecule is CCCCCCC[C@H](CCO)OCc1ccc(OC)cc1.COc1ccc(CO[C@H](C)CC=O)cc1. The van der Waals surface area contributed by atoms with E-state index in [-0.39, 0.29) is 18.8 Å². The van der Waals surface area contributed by atoms with E-state index in [4.69, 9.17) is 24.1 Å². The first-order valence-corrected chi connectivity index (χ1v) is 13.1. The summed E-state index contributed by atoms with van der Waals surface area (Å²) >= 11 is 0. The third-order valence-electron chi connectivity index (χ3n) is 5.85. The lowest BCUT2D eigenvalue weighted by Crippen LogP contribution is -2.14. The highest BCUT2D eigenvalue weighted by Gasteiger charge is 2.09. The zero-order valence-electron chi connectivity index (χ0n) is 22.6. The van der Waals surface area contributed by atoms with Gasteiger partial charge in [0.1, 0.15) is 17.8 Å². The third kappa shape index (κ3) is 14.9. The highest BCUT2D eigenvalue weighted by Crippen LogP contribution is 2.16. The van der Waals surface area contributed by atoms with Gasteiger partial charge in [0.05, 0.1) is 39.6 Å². The van der Waals surface area contributed by atoms with Gasteiger partial charge in [-0.2, -0.15) is 0 Å². The van der Waals surface area contributed by atoms with Crippen molar-refractivity contribution in [3.8, 4) is 11.5 Å². The molecule has 6 nitrogen and oxygen atoms in total. The van der Waals surface area contributed by atoms with Crippen LogP contribution in [0.2, 0.25) is 0 Å². The first kappa shape index (κ1) is 31.6. The number of methoxy groups -OCH3 is 2. The number of benzene rings is 2. The third-order valence-corrected chi connectivity index (χ3v) is 5.85. The van der Waals surface area contributed by atoms with Crippen LogP contribution in [0.15, 0.2) is 48.5 Å². The number of hydrogen-bond donors (Lipinski definition) is 1. The maximum atomic E-state index is 10.2. The van der Waals surface area contributed by atoms with Crippen molar-refractivity contribution in [2.24, 2.45) is 0 Å². The number of rotatable bonds is 18. The van der Waals surface area contributed by atoms with Crippen molar-refractivity contribution in [2.75, 3.05) is 20.8 Å². The molecular formula is C30H46O6. The predicted molar refractivity (Wildman–Crippen MR) is 145 cm³/mol. The van der Waals surface area contributed by atoms with Gasteiger partial charge in [-0.05, 0) is 55.2 Å². The molecule has 0 aromatic heterocycles. The fourth-order valence-corrected chi connectivity index (χ4v) is 3.53. The van der Waals surface area contributed by atoms with Gasteiger partial charge in [0.15, 0.2) is 0 Å². The van der Waals surface area contributed by atoms with Gasteiger partial charge >= 0.3 is 0 Å². The van der Waals surface area contributed by atoms with Crippen molar-refractivity contribution in [1.82, 2.24) is 0 Å². The minimum Gasteiger partial charge on any atom is -0.497 e. The minimum atomic E-state index is -0.0235. The van der Waals surface area contributed by atoms with E-state index in [1.807, 2.05) is 55.5 Å². The summed E-state index contributed by atoms with van der Waals surface area (Å²) in [7, 11) is 3.30. The smallest absolute Gasteiger partial charge is 0.122 e. The topological polar surface area (TPSA) is 74.2 Å². The summed E-state index contributed by atoms with van der Waals surface area (Å²) in [5.41, 5.74) is 2.22. The zero-order chi connectivity index (χ0) is 26.4. The summed E-state index contributed by atoms with van der Waals surface area (Å²) in [6.07, 6.45) is 9.57. The van der Waals surface area contributed by atoms with Crippen LogP contribution >= 0.6 is 0 Å². The molecule has 0 saturated carbocycles. The second-order valence-electron chi connectivity index (χ2n) is 8.87. The second kappa shape index (κ2) is 20.7. The van der Waals surface area contributed by atoms with Gasteiger partial charge in [-0.1, -0.05) is 63.3 Å². The van der Waals surface area contributed by atoms with Crippen molar-refractivity contribution in [3.63, 3.8) is 0 Å². The lowest BCUT2D eigenvalue weighted by molar-refractivity contribution is -0.110. The summed E-state index contributed by atoms with van der Waals surface area (Å²) in [5.74, 6) is 1.70. The van der Waals surface area contributed by atoms with Crippen LogP contribution in [0.1, 0.15) is 76.3 Å². The van der Waals surface area contributed by atoms with E-state index in [1.165, 1.54) is 32.1 Å². The van der Waals surface area contributed by atoms with Gasteiger partial charge in [-0.15, -0.1) is 0 Å². The molecule has 0 aliphatic heterocycles. The Bertz CT molecular complexity index is 775. The molecule has 6 heteroatoms. The van der Waals surface area contributed by atoms with E-state index in [0.717, 1.165) is 41.8 Å². The molecule has 2 atom stereocenters. The molecule has 0 bridgehead atoms. The van der Waals surface area contributed by atoms with Gasteiger partial charge in [0, 0.05) is 13.0 Å². The van der Waals surface area contributed by atoms with Gasteiger partial charge in [0.2, 0.25) is 0 Å². The molecule has 0 heterocycles. The molecule has 2 aromatic carbocycles. The molecule has 2 aromatic rings. The summed E-state index contributed by atoms with van der Waals surface area (Å²) < 4.78 is 21.6. The average Bonchev–Trinajstić information content (AvgIpc) is 2.91. The van der Waals surface area contributed by atoms with E-state index in [0.29, 0.717) is 19.6 Å². The molecule has 0 unspecified atom stereocenters. The lowest BCUT2D eigenvalue weighted by Gasteiger charge is -2.17. The molecule has 0 aliphatic rings. The van der Waals surface area contributed by atoms with Crippen molar-refractivity contribution in [2.45, 2.75) is 90.6 Å². The van der Waals surface area contributed by atoms with Crippen LogP contribution in [-0.2, 0) is 27.5 Å². The van der Waals surface area contributed by atoms with Gasteiger partial charge in [-0.3, -0.25) is 0 Å². The Labute approximate surface area is 217 Å². The Morgan fingerprint density at radius 1 is 0.778 bits per heavy atom. The highest BCUT2D eigenvalue weighted by atomic mass is 16.5. The van der Waals surface area contributed by atoms with Crippen LogP contribution in [0, 0.1) is 0 Å². The van der Waals surface area contributed by atoms with Crippen LogP contribution in [0.5, 0.6) is 11.5 Å². The number of aliphatic hydroxyl groups is 1. The van der Waals surface area contributed by atoms with Crippen molar-refractivity contribution in [1.29, 1.82) is 0 Å². The number of carbonyl (C=O) groups is 1. The van der Waals surface area contributed by atoms with E-state index in [9.17, 15) is 4.79 Å². The van der Waals surface area contributed by atoms with Crippen LogP contribution < -0.4 is 9.47 Å². The number of aliphatic hydroxyl groups excluding tert-OH is 1. The molecule has 202 valence electrons. The molecule has 0 radical (unpaired) electrons. The monoisotopic (exact) mass is 502 g/mol. The van der Waals surface area contributed by atoms with Gasteiger partial charge < -0.3 is 28.8 Å². The Morgan fingerprint density at radius 2 is 1.31 bits per heavy atom. The molecule has 0 fully saturated rings. The maximum absolute atomic E-state index is 10.2.